The number of hydrogen-bond donors (Lipinski definition) is 1. The third kappa shape index (κ3) is 3.29. The van der Waals surface area contributed by atoms with Crippen molar-refractivity contribution in [2.24, 2.45) is 0 Å². The van der Waals surface area contributed by atoms with Crippen molar-refractivity contribution in [1.29, 1.82) is 0 Å². The highest BCUT2D eigenvalue weighted by atomic mass is 32.1. The number of nitrogens with one attached hydrogen (secondary N) is 1. The van der Waals surface area contributed by atoms with Crippen molar-refractivity contribution in [2.75, 3.05) is 32.1 Å². The highest BCUT2D eigenvalue weighted by molar-refractivity contribution is 7.10. The van der Waals surface area contributed by atoms with E-state index in [0.717, 1.165) is 37.0 Å². The lowest BCUT2D eigenvalue weighted by Gasteiger charge is -2.34. The molecular weight excluding hydrogens is 296 g/mol. The molecule has 2 aromatic rings. The van der Waals surface area contributed by atoms with Gasteiger partial charge in [-0.05, 0) is 30.9 Å². The van der Waals surface area contributed by atoms with Crippen LogP contribution in [0.1, 0.15) is 28.0 Å². The predicted octanol–water partition coefficient (Wildman–Crippen LogP) is 2.77. The molecule has 0 saturated carbocycles. The van der Waals surface area contributed by atoms with Crippen LogP contribution in [0.15, 0.2) is 17.5 Å². The molecule has 3 rings (SSSR count). The van der Waals surface area contributed by atoms with E-state index in [-0.39, 0.29) is 6.04 Å². The molecule has 1 aliphatic rings. The standard InChI is InChI=1S/C16H22N4OS/c1-11-4-7-22-14(11)9-20-5-6-21-10-13(20)16-18-12(2)8-15(17-3)19-16/h4,7-8,13H,5-6,9-10H2,1-3H3,(H,17,18,19)/t13-/m1/s1. The Morgan fingerprint density at radius 2 is 2.27 bits per heavy atom. The van der Waals surface area contributed by atoms with Crippen LogP contribution in [0.5, 0.6) is 0 Å². The van der Waals surface area contributed by atoms with Crippen molar-refractivity contribution >= 4 is 17.2 Å². The van der Waals surface area contributed by atoms with Crippen LogP contribution < -0.4 is 5.32 Å². The van der Waals surface area contributed by atoms with Crippen LogP contribution in [-0.2, 0) is 11.3 Å². The zero-order valence-electron chi connectivity index (χ0n) is 13.3. The first kappa shape index (κ1) is 15.4. The molecule has 0 spiro atoms. The normalized spacial score (nSPS) is 19.3. The molecule has 0 radical (unpaired) electrons. The van der Waals surface area contributed by atoms with E-state index in [1.807, 2.05) is 31.4 Å². The highest BCUT2D eigenvalue weighted by Crippen LogP contribution is 2.27. The quantitative estimate of drug-likeness (QED) is 0.939. The number of thiophene rings is 1. The number of rotatable bonds is 4. The Hall–Kier alpha value is -1.50. The zero-order valence-corrected chi connectivity index (χ0v) is 14.1. The number of aryl methyl sites for hydroxylation is 2. The molecule has 1 fully saturated rings. The Morgan fingerprint density at radius 3 is 3.00 bits per heavy atom. The van der Waals surface area contributed by atoms with Crippen LogP contribution in [-0.4, -0.2) is 41.7 Å². The Morgan fingerprint density at radius 1 is 1.41 bits per heavy atom. The Balaban J connectivity index is 1.86. The summed E-state index contributed by atoms with van der Waals surface area (Å²) in [5.41, 5.74) is 2.34. The minimum Gasteiger partial charge on any atom is -0.378 e. The lowest BCUT2D eigenvalue weighted by Crippen LogP contribution is -2.40. The number of ether oxygens (including phenoxy) is 1. The molecule has 1 aliphatic heterocycles. The van der Waals surface area contributed by atoms with E-state index < -0.39 is 0 Å². The second-order valence-electron chi connectivity index (χ2n) is 5.59. The fraction of sp³-hybridized carbons (Fsp3) is 0.500. The van der Waals surface area contributed by atoms with Gasteiger partial charge in [0.15, 0.2) is 0 Å². The van der Waals surface area contributed by atoms with Crippen LogP contribution in [0, 0.1) is 13.8 Å². The van der Waals surface area contributed by atoms with Crippen LogP contribution in [0.2, 0.25) is 0 Å². The van der Waals surface area contributed by atoms with Crippen LogP contribution in [0.4, 0.5) is 5.82 Å². The first-order chi connectivity index (χ1) is 10.7. The summed E-state index contributed by atoms with van der Waals surface area (Å²) in [6, 6.07) is 4.25. The van der Waals surface area contributed by atoms with Gasteiger partial charge in [0.05, 0.1) is 19.3 Å². The van der Waals surface area contributed by atoms with E-state index in [1.165, 1.54) is 10.4 Å². The second kappa shape index (κ2) is 6.73. The fourth-order valence-corrected chi connectivity index (χ4v) is 3.61. The molecule has 2 aromatic heterocycles. The fourth-order valence-electron chi connectivity index (χ4n) is 2.68. The van der Waals surface area contributed by atoms with E-state index in [1.54, 1.807) is 0 Å². The van der Waals surface area contributed by atoms with Crippen molar-refractivity contribution in [3.63, 3.8) is 0 Å². The van der Waals surface area contributed by atoms with Gasteiger partial charge in [0, 0.05) is 36.8 Å². The summed E-state index contributed by atoms with van der Waals surface area (Å²) >= 11 is 1.82. The summed E-state index contributed by atoms with van der Waals surface area (Å²) < 4.78 is 5.69. The van der Waals surface area contributed by atoms with Gasteiger partial charge in [-0.25, -0.2) is 9.97 Å². The summed E-state index contributed by atoms with van der Waals surface area (Å²) in [5, 5.41) is 5.26. The smallest absolute Gasteiger partial charge is 0.150 e. The van der Waals surface area contributed by atoms with Crippen LogP contribution >= 0.6 is 11.3 Å². The summed E-state index contributed by atoms with van der Waals surface area (Å²) in [6.45, 7) is 7.44. The molecule has 5 nitrogen and oxygen atoms in total. The molecule has 0 unspecified atom stereocenters. The molecule has 0 amide bonds. The van der Waals surface area contributed by atoms with Gasteiger partial charge in [0.1, 0.15) is 11.6 Å². The molecule has 0 aromatic carbocycles. The molecule has 1 N–H and O–H groups in total. The maximum absolute atomic E-state index is 5.69. The third-order valence-electron chi connectivity index (χ3n) is 3.98. The molecule has 0 aliphatic carbocycles. The van der Waals surface area contributed by atoms with Crippen molar-refractivity contribution in [1.82, 2.24) is 14.9 Å². The molecule has 6 heteroatoms. The average Bonchev–Trinajstić information content (AvgIpc) is 2.92. The summed E-state index contributed by atoms with van der Waals surface area (Å²) in [6.07, 6.45) is 0. The maximum Gasteiger partial charge on any atom is 0.150 e. The number of nitrogens with zero attached hydrogens (tertiary/aromatic N) is 3. The molecule has 3 heterocycles. The van der Waals surface area contributed by atoms with Crippen molar-refractivity contribution in [2.45, 2.75) is 26.4 Å². The SMILES string of the molecule is CNc1cc(C)nc([C@H]2COCCN2Cc2sccc2C)n1. The van der Waals surface area contributed by atoms with Gasteiger partial charge >= 0.3 is 0 Å². The number of hydrogen-bond acceptors (Lipinski definition) is 6. The van der Waals surface area contributed by atoms with Gasteiger partial charge in [-0.1, -0.05) is 0 Å². The van der Waals surface area contributed by atoms with E-state index in [9.17, 15) is 0 Å². The molecular formula is C16H22N4OS. The lowest BCUT2D eigenvalue weighted by molar-refractivity contribution is -0.0155. The highest BCUT2D eigenvalue weighted by Gasteiger charge is 2.28. The number of morpholine rings is 1. The third-order valence-corrected chi connectivity index (χ3v) is 4.99. The lowest BCUT2D eigenvalue weighted by atomic mass is 10.2. The van der Waals surface area contributed by atoms with E-state index in [0.29, 0.717) is 6.61 Å². The number of anilines is 1. The van der Waals surface area contributed by atoms with E-state index in [4.69, 9.17) is 4.74 Å². The van der Waals surface area contributed by atoms with Gasteiger partial charge < -0.3 is 10.1 Å². The van der Waals surface area contributed by atoms with E-state index in [2.05, 4.69) is 38.6 Å². The maximum atomic E-state index is 5.69. The topological polar surface area (TPSA) is 50.3 Å². The first-order valence-corrected chi connectivity index (χ1v) is 8.43. The van der Waals surface area contributed by atoms with Gasteiger partial charge in [-0.2, -0.15) is 0 Å². The molecule has 0 bridgehead atoms. The van der Waals surface area contributed by atoms with Gasteiger partial charge in [-0.15, -0.1) is 11.3 Å². The predicted molar refractivity (Wildman–Crippen MR) is 89.3 cm³/mol. The van der Waals surface area contributed by atoms with Crippen molar-refractivity contribution in [3.05, 3.63) is 39.5 Å². The number of aromatic nitrogens is 2. The molecule has 118 valence electrons. The Bertz CT molecular complexity index is 643. The Kier molecular flexibility index (Phi) is 4.71. The Labute approximate surface area is 135 Å². The second-order valence-corrected chi connectivity index (χ2v) is 6.59. The molecule has 1 saturated heterocycles. The summed E-state index contributed by atoms with van der Waals surface area (Å²) in [7, 11) is 1.88. The minimum absolute atomic E-state index is 0.113. The average molecular weight is 318 g/mol. The van der Waals surface area contributed by atoms with Crippen molar-refractivity contribution in [3.8, 4) is 0 Å². The summed E-state index contributed by atoms with van der Waals surface area (Å²) in [5.74, 6) is 1.71. The molecule has 1 atom stereocenters. The van der Waals surface area contributed by atoms with Crippen LogP contribution in [0.3, 0.4) is 0 Å². The van der Waals surface area contributed by atoms with Gasteiger partial charge in [0.2, 0.25) is 0 Å². The monoisotopic (exact) mass is 318 g/mol. The van der Waals surface area contributed by atoms with Crippen molar-refractivity contribution < 1.29 is 4.74 Å². The molecule has 22 heavy (non-hydrogen) atoms. The first-order valence-electron chi connectivity index (χ1n) is 7.55. The van der Waals surface area contributed by atoms with Gasteiger partial charge in [0.25, 0.3) is 0 Å². The largest absolute Gasteiger partial charge is 0.378 e. The van der Waals surface area contributed by atoms with E-state index >= 15 is 0 Å². The van der Waals surface area contributed by atoms with Crippen LogP contribution in [0.25, 0.3) is 0 Å². The zero-order chi connectivity index (χ0) is 15.5. The minimum atomic E-state index is 0.113. The van der Waals surface area contributed by atoms with Gasteiger partial charge in [-0.3, -0.25) is 4.90 Å². The summed E-state index contributed by atoms with van der Waals surface area (Å²) in [4.78, 5) is 13.1.